The molecule has 1 fully saturated rings. The molecule has 1 atom stereocenters. The van der Waals surface area contributed by atoms with Gasteiger partial charge in [-0.2, -0.15) is 4.98 Å². The number of carboxylic acid groups (broad SMARTS) is 1. The van der Waals surface area contributed by atoms with Gasteiger partial charge in [0.1, 0.15) is 0 Å². The summed E-state index contributed by atoms with van der Waals surface area (Å²) in [6, 6.07) is -0.440. The number of carbonyl (C=O) groups is 2. The summed E-state index contributed by atoms with van der Waals surface area (Å²) in [6.07, 6.45) is 3.10. The predicted octanol–water partition coefficient (Wildman–Crippen LogP) is 0.959. The molecule has 1 aliphatic heterocycles. The van der Waals surface area contributed by atoms with Crippen molar-refractivity contribution >= 4 is 12.0 Å². The van der Waals surface area contributed by atoms with Crippen molar-refractivity contribution in [3.63, 3.8) is 0 Å². The molecule has 8 heteroatoms. The fourth-order valence-electron chi connectivity index (χ4n) is 2.51. The minimum Gasteiger partial charge on any atom is -0.481 e. The summed E-state index contributed by atoms with van der Waals surface area (Å²) in [4.78, 5) is 28.7. The molecule has 8 nitrogen and oxygen atoms in total. The van der Waals surface area contributed by atoms with Gasteiger partial charge in [-0.15, -0.1) is 0 Å². The average Bonchev–Trinajstić information content (AvgIpc) is 2.84. The summed E-state index contributed by atoms with van der Waals surface area (Å²) < 4.78 is 4.85. The van der Waals surface area contributed by atoms with Crippen molar-refractivity contribution in [3.05, 3.63) is 11.7 Å². The van der Waals surface area contributed by atoms with Crippen LogP contribution in [0.5, 0.6) is 0 Å². The van der Waals surface area contributed by atoms with Gasteiger partial charge in [0, 0.05) is 32.5 Å². The lowest BCUT2D eigenvalue weighted by molar-refractivity contribution is -0.138. The Morgan fingerprint density at radius 3 is 2.95 bits per heavy atom. The molecule has 0 saturated carbocycles. The van der Waals surface area contributed by atoms with E-state index in [1.807, 2.05) is 0 Å². The van der Waals surface area contributed by atoms with Crippen LogP contribution in [0.2, 0.25) is 0 Å². The number of aromatic nitrogens is 2. The van der Waals surface area contributed by atoms with E-state index in [0.717, 1.165) is 19.3 Å². The zero-order chi connectivity index (χ0) is 15.2. The third-order valence-electron chi connectivity index (χ3n) is 3.49. The van der Waals surface area contributed by atoms with Crippen LogP contribution in [0.3, 0.4) is 0 Å². The predicted molar refractivity (Wildman–Crippen MR) is 72.7 cm³/mol. The van der Waals surface area contributed by atoms with Crippen LogP contribution in [-0.4, -0.2) is 51.3 Å². The molecule has 0 bridgehead atoms. The van der Waals surface area contributed by atoms with Crippen LogP contribution < -0.4 is 5.32 Å². The molecule has 1 aliphatic rings. The van der Waals surface area contributed by atoms with Crippen LogP contribution in [-0.2, 0) is 11.2 Å². The monoisotopic (exact) mass is 296 g/mol. The SMILES string of the molecule is Cc1nc(CCNC(=O)N2CCCCC2CC(=O)O)no1. The number of amides is 2. The van der Waals surface area contributed by atoms with E-state index in [-0.39, 0.29) is 18.5 Å². The lowest BCUT2D eigenvalue weighted by Gasteiger charge is -2.34. The number of piperidine rings is 1. The number of carboxylic acids is 1. The van der Waals surface area contributed by atoms with Gasteiger partial charge in [-0.25, -0.2) is 4.79 Å². The van der Waals surface area contributed by atoms with E-state index in [0.29, 0.717) is 31.2 Å². The maximum absolute atomic E-state index is 12.1. The first-order chi connectivity index (χ1) is 10.1. The van der Waals surface area contributed by atoms with Gasteiger partial charge in [0.25, 0.3) is 0 Å². The van der Waals surface area contributed by atoms with Crippen molar-refractivity contribution in [3.8, 4) is 0 Å². The molecule has 2 N–H and O–H groups in total. The summed E-state index contributed by atoms with van der Waals surface area (Å²) in [7, 11) is 0. The number of carbonyl (C=O) groups excluding carboxylic acids is 1. The van der Waals surface area contributed by atoms with Crippen LogP contribution in [0.15, 0.2) is 4.52 Å². The van der Waals surface area contributed by atoms with Crippen LogP contribution in [0.1, 0.15) is 37.4 Å². The second-order valence-electron chi connectivity index (χ2n) is 5.15. The number of nitrogens with one attached hydrogen (secondary N) is 1. The fourth-order valence-corrected chi connectivity index (χ4v) is 2.51. The normalized spacial score (nSPS) is 18.5. The highest BCUT2D eigenvalue weighted by atomic mass is 16.5. The molecule has 116 valence electrons. The lowest BCUT2D eigenvalue weighted by atomic mass is 10.00. The second kappa shape index (κ2) is 7.05. The Morgan fingerprint density at radius 1 is 1.48 bits per heavy atom. The molecule has 0 aromatic carbocycles. The van der Waals surface area contributed by atoms with Crippen molar-refractivity contribution in [2.75, 3.05) is 13.1 Å². The average molecular weight is 296 g/mol. The molecule has 1 aromatic rings. The van der Waals surface area contributed by atoms with Crippen LogP contribution in [0, 0.1) is 6.92 Å². The van der Waals surface area contributed by atoms with E-state index in [4.69, 9.17) is 9.63 Å². The number of likely N-dealkylation sites (tertiary alicyclic amines) is 1. The Hall–Kier alpha value is -2.12. The van der Waals surface area contributed by atoms with Gasteiger partial charge in [-0.1, -0.05) is 5.16 Å². The molecular formula is C13H20N4O4. The molecule has 2 amide bonds. The standard InChI is InChI=1S/C13H20N4O4/c1-9-15-11(16-21-9)5-6-14-13(20)17-7-3-2-4-10(17)8-12(18)19/h10H,2-8H2,1H3,(H,14,20)(H,18,19). The topological polar surface area (TPSA) is 109 Å². The van der Waals surface area contributed by atoms with Gasteiger partial charge < -0.3 is 19.8 Å². The van der Waals surface area contributed by atoms with Crippen molar-refractivity contribution in [1.29, 1.82) is 0 Å². The first kappa shape index (κ1) is 15.3. The highest BCUT2D eigenvalue weighted by molar-refractivity contribution is 5.76. The van der Waals surface area contributed by atoms with Crippen molar-refractivity contribution < 1.29 is 19.2 Å². The Balaban J connectivity index is 1.81. The quantitative estimate of drug-likeness (QED) is 0.837. The third-order valence-corrected chi connectivity index (χ3v) is 3.49. The second-order valence-corrected chi connectivity index (χ2v) is 5.15. The molecule has 21 heavy (non-hydrogen) atoms. The van der Waals surface area contributed by atoms with E-state index in [9.17, 15) is 9.59 Å². The largest absolute Gasteiger partial charge is 0.481 e. The summed E-state index contributed by atoms with van der Waals surface area (Å²) in [5.41, 5.74) is 0. The van der Waals surface area contributed by atoms with Gasteiger partial charge in [0.15, 0.2) is 5.82 Å². The van der Waals surface area contributed by atoms with Gasteiger partial charge in [0.2, 0.25) is 5.89 Å². The van der Waals surface area contributed by atoms with Gasteiger partial charge in [-0.3, -0.25) is 4.79 Å². The Morgan fingerprint density at radius 2 is 2.29 bits per heavy atom. The molecule has 2 rings (SSSR count). The Bertz CT molecular complexity index is 502. The van der Waals surface area contributed by atoms with E-state index < -0.39 is 5.97 Å². The molecule has 1 aromatic heterocycles. The van der Waals surface area contributed by atoms with Crippen LogP contribution in [0.25, 0.3) is 0 Å². The van der Waals surface area contributed by atoms with Gasteiger partial charge >= 0.3 is 12.0 Å². The number of rotatable bonds is 5. The summed E-state index contributed by atoms with van der Waals surface area (Å²) >= 11 is 0. The fraction of sp³-hybridized carbons (Fsp3) is 0.692. The highest BCUT2D eigenvalue weighted by Crippen LogP contribution is 2.19. The van der Waals surface area contributed by atoms with Crippen molar-refractivity contribution in [2.24, 2.45) is 0 Å². The zero-order valence-corrected chi connectivity index (χ0v) is 12.0. The zero-order valence-electron chi connectivity index (χ0n) is 12.0. The van der Waals surface area contributed by atoms with Gasteiger partial charge in [-0.05, 0) is 19.3 Å². The third kappa shape index (κ3) is 4.44. The van der Waals surface area contributed by atoms with Gasteiger partial charge in [0.05, 0.1) is 6.42 Å². The van der Waals surface area contributed by atoms with Crippen LogP contribution >= 0.6 is 0 Å². The van der Waals surface area contributed by atoms with Crippen molar-refractivity contribution in [1.82, 2.24) is 20.4 Å². The summed E-state index contributed by atoms with van der Waals surface area (Å²) in [6.45, 7) is 2.71. The summed E-state index contributed by atoms with van der Waals surface area (Å²) in [5, 5.41) is 15.4. The molecule has 1 unspecified atom stereocenters. The Kier molecular flexibility index (Phi) is 5.13. The minimum atomic E-state index is -0.873. The number of hydrogen-bond donors (Lipinski definition) is 2. The molecular weight excluding hydrogens is 276 g/mol. The van der Waals surface area contributed by atoms with Crippen molar-refractivity contribution in [2.45, 2.75) is 45.1 Å². The number of aryl methyl sites for hydroxylation is 1. The number of nitrogens with zero attached hydrogens (tertiary/aromatic N) is 3. The minimum absolute atomic E-state index is 0.00252. The maximum atomic E-state index is 12.1. The number of aliphatic carboxylic acids is 1. The maximum Gasteiger partial charge on any atom is 0.317 e. The molecule has 0 spiro atoms. The number of urea groups is 1. The van der Waals surface area contributed by atoms with E-state index in [1.165, 1.54) is 0 Å². The smallest absolute Gasteiger partial charge is 0.317 e. The number of hydrogen-bond acceptors (Lipinski definition) is 5. The molecule has 2 heterocycles. The summed E-state index contributed by atoms with van der Waals surface area (Å²) in [5.74, 6) is 0.171. The lowest BCUT2D eigenvalue weighted by Crippen LogP contribution is -2.49. The molecule has 0 aliphatic carbocycles. The van der Waals surface area contributed by atoms with Crippen LogP contribution in [0.4, 0.5) is 4.79 Å². The first-order valence-corrected chi connectivity index (χ1v) is 7.11. The van der Waals surface area contributed by atoms with E-state index in [2.05, 4.69) is 15.5 Å². The molecule has 0 radical (unpaired) electrons. The van der Waals surface area contributed by atoms with E-state index in [1.54, 1.807) is 11.8 Å². The van der Waals surface area contributed by atoms with E-state index >= 15 is 0 Å². The molecule has 1 saturated heterocycles. The Labute approximate surface area is 122 Å². The first-order valence-electron chi connectivity index (χ1n) is 7.11. The highest BCUT2D eigenvalue weighted by Gasteiger charge is 2.28.